The summed E-state index contributed by atoms with van der Waals surface area (Å²) in [5.41, 5.74) is 1.68. The average Bonchev–Trinajstić information content (AvgIpc) is 3.20. The van der Waals surface area contributed by atoms with Crippen molar-refractivity contribution in [2.45, 2.75) is 63.3 Å². The van der Waals surface area contributed by atoms with Crippen LogP contribution in [0.2, 0.25) is 0 Å². The molecule has 4 rings (SSSR count). The summed E-state index contributed by atoms with van der Waals surface area (Å²) in [6.45, 7) is 0.581. The molecule has 2 aromatic rings. The highest BCUT2D eigenvalue weighted by Gasteiger charge is 2.34. The Morgan fingerprint density at radius 2 is 2.13 bits per heavy atom. The van der Waals surface area contributed by atoms with Gasteiger partial charge >= 0.3 is 0 Å². The van der Waals surface area contributed by atoms with Crippen LogP contribution in [0.15, 0.2) is 30.5 Å². The lowest BCUT2D eigenvalue weighted by Crippen LogP contribution is -2.52. The first-order valence-corrected chi connectivity index (χ1v) is 10.8. The molecule has 0 radical (unpaired) electrons. The Hall–Kier alpha value is -2.45. The smallest absolute Gasteiger partial charge is 0.223 e. The molecule has 162 valence electrons. The van der Waals surface area contributed by atoms with E-state index in [1.807, 2.05) is 35.1 Å². The van der Waals surface area contributed by atoms with Crippen LogP contribution in [0.3, 0.4) is 0 Å². The number of carbonyl (C=O) groups excluding carboxylic acids is 1. The maximum absolute atomic E-state index is 12.2. The van der Waals surface area contributed by atoms with E-state index in [9.17, 15) is 9.90 Å². The Morgan fingerprint density at radius 3 is 2.87 bits per heavy atom. The Bertz CT molecular complexity index is 851. The highest BCUT2D eigenvalue weighted by molar-refractivity contribution is 5.79. The minimum Gasteiger partial charge on any atom is -0.496 e. The molecule has 8 heteroatoms. The predicted octanol–water partition coefficient (Wildman–Crippen LogP) is 2.17. The molecule has 3 atom stereocenters. The number of hydrogen-bond donors (Lipinski definition) is 2. The zero-order valence-corrected chi connectivity index (χ0v) is 17.4. The third-order valence-corrected chi connectivity index (χ3v) is 6.20. The van der Waals surface area contributed by atoms with Gasteiger partial charge in [-0.15, -0.1) is 5.10 Å². The zero-order chi connectivity index (χ0) is 20.9. The normalized spacial score (nSPS) is 24.3. The Labute approximate surface area is 176 Å². The van der Waals surface area contributed by atoms with Gasteiger partial charge < -0.3 is 19.9 Å². The topological polar surface area (TPSA) is 98.5 Å². The van der Waals surface area contributed by atoms with Crippen molar-refractivity contribution < 1.29 is 19.4 Å². The number of nitrogens with one attached hydrogen (secondary N) is 1. The lowest BCUT2D eigenvalue weighted by atomic mass is 9.84. The SMILES string of the molecule is COc1ccccc1-c1cn(CC[C@H]2CC[C@@H](NC(=O)C3CCC3)[C@@H](CO)O2)nn1. The van der Waals surface area contributed by atoms with E-state index in [0.717, 1.165) is 55.5 Å². The minimum atomic E-state index is -0.354. The number of hydrogen-bond acceptors (Lipinski definition) is 6. The van der Waals surface area contributed by atoms with Crippen molar-refractivity contribution in [1.82, 2.24) is 20.3 Å². The molecule has 0 spiro atoms. The zero-order valence-electron chi connectivity index (χ0n) is 17.4. The number of methoxy groups -OCH3 is 1. The molecule has 1 amide bonds. The number of aliphatic hydroxyl groups is 1. The van der Waals surface area contributed by atoms with E-state index < -0.39 is 0 Å². The van der Waals surface area contributed by atoms with Crippen LogP contribution in [0, 0.1) is 5.92 Å². The van der Waals surface area contributed by atoms with Gasteiger partial charge in [0.2, 0.25) is 5.91 Å². The van der Waals surface area contributed by atoms with Gasteiger partial charge in [-0.3, -0.25) is 9.48 Å². The first-order chi connectivity index (χ1) is 14.7. The maximum Gasteiger partial charge on any atom is 0.223 e. The summed E-state index contributed by atoms with van der Waals surface area (Å²) in [6, 6.07) is 7.62. The number of carbonyl (C=O) groups is 1. The number of ether oxygens (including phenoxy) is 2. The van der Waals surface area contributed by atoms with Crippen LogP contribution in [0.1, 0.15) is 38.5 Å². The van der Waals surface area contributed by atoms with E-state index in [2.05, 4.69) is 15.6 Å². The third-order valence-electron chi connectivity index (χ3n) is 6.20. The van der Waals surface area contributed by atoms with E-state index in [0.29, 0.717) is 6.54 Å². The molecule has 1 aliphatic carbocycles. The molecule has 1 aliphatic heterocycles. The number of aromatic nitrogens is 3. The average molecular weight is 415 g/mol. The van der Waals surface area contributed by atoms with Gasteiger partial charge in [0.25, 0.3) is 0 Å². The fourth-order valence-corrected chi connectivity index (χ4v) is 4.14. The number of amides is 1. The van der Waals surface area contributed by atoms with E-state index >= 15 is 0 Å². The molecule has 0 bridgehead atoms. The van der Waals surface area contributed by atoms with Crippen LogP contribution in [0.5, 0.6) is 5.75 Å². The van der Waals surface area contributed by atoms with Crippen molar-refractivity contribution in [3.63, 3.8) is 0 Å². The standard InChI is InChI=1S/C22H30N4O4/c1-29-20-8-3-2-7-17(20)19-13-26(25-24-19)12-11-16-9-10-18(21(14-27)30-16)23-22(28)15-5-4-6-15/h2-3,7-8,13,15-16,18,21,27H,4-6,9-12,14H2,1H3,(H,23,28)/t16-,18-,21-/m1/s1. The van der Waals surface area contributed by atoms with Crippen LogP contribution in [0.4, 0.5) is 0 Å². The predicted molar refractivity (Wildman–Crippen MR) is 111 cm³/mol. The molecule has 2 N–H and O–H groups in total. The van der Waals surface area contributed by atoms with Gasteiger partial charge in [0.15, 0.2) is 0 Å². The van der Waals surface area contributed by atoms with Crippen LogP contribution in [-0.4, -0.2) is 58.0 Å². The highest BCUT2D eigenvalue weighted by Crippen LogP contribution is 2.29. The molecule has 1 aromatic heterocycles. The van der Waals surface area contributed by atoms with Crippen molar-refractivity contribution in [2.75, 3.05) is 13.7 Å². The van der Waals surface area contributed by atoms with E-state index in [-0.39, 0.29) is 36.7 Å². The van der Waals surface area contributed by atoms with Crippen molar-refractivity contribution in [3.05, 3.63) is 30.5 Å². The molecule has 2 fully saturated rings. The lowest BCUT2D eigenvalue weighted by molar-refractivity contribution is -0.134. The summed E-state index contributed by atoms with van der Waals surface area (Å²) in [5, 5.41) is 21.3. The van der Waals surface area contributed by atoms with E-state index in [1.54, 1.807) is 7.11 Å². The second-order valence-electron chi connectivity index (χ2n) is 8.16. The summed E-state index contributed by atoms with van der Waals surface area (Å²) in [4.78, 5) is 12.2. The summed E-state index contributed by atoms with van der Waals surface area (Å²) < 4.78 is 13.3. The van der Waals surface area contributed by atoms with Crippen molar-refractivity contribution in [2.24, 2.45) is 5.92 Å². The number of para-hydroxylation sites is 1. The number of nitrogens with zero attached hydrogens (tertiary/aromatic N) is 3. The Kier molecular flexibility index (Phi) is 6.64. The molecule has 8 nitrogen and oxygen atoms in total. The summed E-state index contributed by atoms with van der Waals surface area (Å²) in [7, 11) is 1.64. The molecular formula is C22H30N4O4. The van der Waals surface area contributed by atoms with E-state index in [4.69, 9.17) is 9.47 Å². The van der Waals surface area contributed by atoms with Gasteiger partial charge in [-0.25, -0.2) is 0 Å². The second-order valence-corrected chi connectivity index (χ2v) is 8.16. The number of aliphatic hydroxyl groups excluding tert-OH is 1. The molecule has 2 aliphatic rings. The number of rotatable bonds is 8. The van der Waals surface area contributed by atoms with Gasteiger partial charge in [-0.2, -0.15) is 0 Å². The van der Waals surface area contributed by atoms with Gasteiger partial charge in [-0.05, 0) is 44.2 Å². The maximum atomic E-state index is 12.2. The largest absolute Gasteiger partial charge is 0.496 e. The summed E-state index contributed by atoms with van der Waals surface area (Å²) >= 11 is 0. The fourth-order valence-electron chi connectivity index (χ4n) is 4.14. The molecule has 1 saturated carbocycles. The minimum absolute atomic E-state index is 0.0258. The molecular weight excluding hydrogens is 384 g/mol. The van der Waals surface area contributed by atoms with Crippen LogP contribution < -0.4 is 10.1 Å². The van der Waals surface area contributed by atoms with E-state index in [1.165, 1.54) is 0 Å². The van der Waals surface area contributed by atoms with Crippen molar-refractivity contribution in [3.8, 4) is 17.0 Å². The molecule has 0 unspecified atom stereocenters. The van der Waals surface area contributed by atoms with Crippen LogP contribution >= 0.6 is 0 Å². The van der Waals surface area contributed by atoms with Gasteiger partial charge in [0, 0.05) is 18.0 Å². The fraction of sp³-hybridized carbons (Fsp3) is 0.591. The Balaban J connectivity index is 1.29. The Morgan fingerprint density at radius 1 is 1.30 bits per heavy atom. The highest BCUT2D eigenvalue weighted by atomic mass is 16.5. The van der Waals surface area contributed by atoms with Crippen LogP contribution in [0.25, 0.3) is 11.3 Å². The van der Waals surface area contributed by atoms with Crippen LogP contribution in [-0.2, 0) is 16.1 Å². The third kappa shape index (κ3) is 4.65. The number of benzene rings is 1. The molecule has 30 heavy (non-hydrogen) atoms. The second kappa shape index (κ2) is 9.57. The first kappa shape index (κ1) is 20.8. The number of aryl methyl sites for hydroxylation is 1. The quantitative estimate of drug-likeness (QED) is 0.687. The monoisotopic (exact) mass is 414 g/mol. The molecule has 1 saturated heterocycles. The molecule has 1 aromatic carbocycles. The van der Waals surface area contributed by atoms with Gasteiger partial charge in [-0.1, -0.05) is 23.8 Å². The lowest BCUT2D eigenvalue weighted by Gasteiger charge is -2.37. The van der Waals surface area contributed by atoms with Gasteiger partial charge in [0.05, 0.1) is 32.1 Å². The summed E-state index contributed by atoms with van der Waals surface area (Å²) in [6.07, 6.45) is 7.09. The summed E-state index contributed by atoms with van der Waals surface area (Å²) in [5.74, 6) is 1.02. The molecule has 2 heterocycles. The van der Waals surface area contributed by atoms with Gasteiger partial charge in [0.1, 0.15) is 17.5 Å². The first-order valence-electron chi connectivity index (χ1n) is 10.8. The van der Waals surface area contributed by atoms with Crippen molar-refractivity contribution >= 4 is 5.91 Å². The van der Waals surface area contributed by atoms with Crippen molar-refractivity contribution in [1.29, 1.82) is 0 Å².